The van der Waals surface area contributed by atoms with E-state index in [1.54, 1.807) is 37.3 Å². The molecule has 86 valence electrons. The van der Waals surface area contributed by atoms with Crippen molar-refractivity contribution in [2.75, 3.05) is 13.2 Å². The molecule has 0 radical (unpaired) electrons. The second kappa shape index (κ2) is 6.90. The number of benzene rings is 1. The molecule has 0 spiro atoms. The number of hydrogen-bond donors (Lipinski definition) is 0. The highest BCUT2D eigenvalue weighted by molar-refractivity contribution is 6.30. The van der Waals surface area contributed by atoms with Gasteiger partial charge >= 0.3 is 5.97 Å². The number of carbonyl (C=O) groups is 1. The molecule has 1 rings (SSSR count). The van der Waals surface area contributed by atoms with E-state index in [9.17, 15) is 4.79 Å². The minimum Gasteiger partial charge on any atom is -0.489 e. The van der Waals surface area contributed by atoms with E-state index in [-0.39, 0.29) is 5.97 Å². The highest BCUT2D eigenvalue weighted by Crippen LogP contribution is 2.16. The number of ether oxygens (including phenoxy) is 2. The van der Waals surface area contributed by atoms with E-state index < -0.39 is 0 Å². The fourth-order valence-corrected chi connectivity index (χ4v) is 1.22. The molecular formula is C12H13ClO3. The van der Waals surface area contributed by atoms with Crippen molar-refractivity contribution in [3.63, 3.8) is 0 Å². The minimum atomic E-state index is -0.364. The van der Waals surface area contributed by atoms with Gasteiger partial charge in [0.1, 0.15) is 12.4 Å². The van der Waals surface area contributed by atoms with Gasteiger partial charge in [-0.25, -0.2) is 4.79 Å². The van der Waals surface area contributed by atoms with Gasteiger partial charge in [-0.1, -0.05) is 17.7 Å². The number of esters is 1. The van der Waals surface area contributed by atoms with E-state index in [2.05, 4.69) is 0 Å². The molecule has 0 unspecified atom stereocenters. The third-order valence-electron chi connectivity index (χ3n) is 1.68. The molecule has 3 nitrogen and oxygen atoms in total. The third kappa shape index (κ3) is 4.84. The standard InChI is InChI=1S/C12H13ClO3/c1-2-15-12(14)7-4-8-16-11-6-3-5-10(13)9-11/h3-7,9H,2,8H2,1H3/b7-4+. The predicted octanol–water partition coefficient (Wildman–Crippen LogP) is 2.84. The summed E-state index contributed by atoms with van der Waals surface area (Å²) in [7, 11) is 0. The van der Waals surface area contributed by atoms with Gasteiger partial charge in [-0.05, 0) is 31.2 Å². The fraction of sp³-hybridized carbons (Fsp3) is 0.250. The average molecular weight is 241 g/mol. The molecule has 1 aromatic rings. The zero-order chi connectivity index (χ0) is 11.8. The van der Waals surface area contributed by atoms with Crippen molar-refractivity contribution in [1.29, 1.82) is 0 Å². The van der Waals surface area contributed by atoms with Crippen LogP contribution >= 0.6 is 11.6 Å². The van der Waals surface area contributed by atoms with Gasteiger partial charge in [0.15, 0.2) is 0 Å². The summed E-state index contributed by atoms with van der Waals surface area (Å²) in [6.45, 7) is 2.44. The first-order valence-electron chi connectivity index (χ1n) is 4.94. The van der Waals surface area contributed by atoms with E-state index in [1.807, 2.05) is 0 Å². The van der Waals surface area contributed by atoms with Crippen molar-refractivity contribution in [1.82, 2.24) is 0 Å². The van der Waals surface area contributed by atoms with Crippen molar-refractivity contribution < 1.29 is 14.3 Å². The molecule has 16 heavy (non-hydrogen) atoms. The van der Waals surface area contributed by atoms with Crippen LogP contribution < -0.4 is 4.74 Å². The lowest BCUT2D eigenvalue weighted by atomic mass is 10.3. The molecule has 0 heterocycles. The smallest absolute Gasteiger partial charge is 0.330 e. The van der Waals surface area contributed by atoms with Crippen LogP contribution in [0.4, 0.5) is 0 Å². The van der Waals surface area contributed by atoms with E-state index in [0.29, 0.717) is 24.0 Å². The molecule has 0 bridgehead atoms. The van der Waals surface area contributed by atoms with Gasteiger partial charge < -0.3 is 9.47 Å². The van der Waals surface area contributed by atoms with Crippen molar-refractivity contribution in [2.45, 2.75) is 6.92 Å². The van der Waals surface area contributed by atoms with Crippen LogP contribution in [0.2, 0.25) is 5.02 Å². The van der Waals surface area contributed by atoms with Gasteiger partial charge in [0, 0.05) is 11.1 Å². The Balaban J connectivity index is 2.33. The maximum Gasteiger partial charge on any atom is 0.330 e. The van der Waals surface area contributed by atoms with Gasteiger partial charge in [-0.2, -0.15) is 0 Å². The highest BCUT2D eigenvalue weighted by Gasteiger charge is 1.94. The van der Waals surface area contributed by atoms with Crippen LogP contribution in [0.3, 0.4) is 0 Å². The highest BCUT2D eigenvalue weighted by atomic mass is 35.5. The van der Waals surface area contributed by atoms with E-state index in [0.717, 1.165) is 0 Å². The Morgan fingerprint density at radius 3 is 3.00 bits per heavy atom. The van der Waals surface area contributed by atoms with Crippen LogP contribution in [0, 0.1) is 0 Å². The molecule has 0 saturated heterocycles. The summed E-state index contributed by atoms with van der Waals surface area (Å²) in [4.78, 5) is 10.9. The molecule has 0 amide bonds. The third-order valence-corrected chi connectivity index (χ3v) is 1.92. The van der Waals surface area contributed by atoms with Gasteiger partial charge in [-0.15, -0.1) is 0 Å². The van der Waals surface area contributed by atoms with Crippen LogP contribution in [0.25, 0.3) is 0 Å². The zero-order valence-corrected chi connectivity index (χ0v) is 9.74. The van der Waals surface area contributed by atoms with Gasteiger partial charge in [0.2, 0.25) is 0 Å². The topological polar surface area (TPSA) is 35.5 Å². The largest absolute Gasteiger partial charge is 0.489 e. The normalized spacial score (nSPS) is 10.4. The quantitative estimate of drug-likeness (QED) is 0.587. The molecule has 0 atom stereocenters. The lowest BCUT2D eigenvalue weighted by Gasteiger charge is -2.02. The summed E-state index contributed by atoms with van der Waals surface area (Å²) in [5, 5.41) is 0.617. The summed E-state index contributed by atoms with van der Waals surface area (Å²) in [5.41, 5.74) is 0. The molecule has 0 aromatic heterocycles. The Morgan fingerprint density at radius 2 is 2.31 bits per heavy atom. The fourth-order valence-electron chi connectivity index (χ4n) is 1.04. The molecule has 0 aliphatic rings. The summed E-state index contributed by atoms with van der Waals surface area (Å²) in [5.74, 6) is 0.304. The summed E-state index contributed by atoms with van der Waals surface area (Å²) in [6.07, 6.45) is 2.94. The first kappa shape index (κ1) is 12.6. The van der Waals surface area contributed by atoms with Gasteiger partial charge in [-0.3, -0.25) is 0 Å². The number of rotatable bonds is 5. The maximum absolute atomic E-state index is 10.9. The Morgan fingerprint density at radius 1 is 1.50 bits per heavy atom. The summed E-state index contributed by atoms with van der Waals surface area (Å²) < 4.78 is 10.0. The predicted molar refractivity (Wildman–Crippen MR) is 62.7 cm³/mol. The number of halogens is 1. The maximum atomic E-state index is 10.9. The first-order valence-corrected chi connectivity index (χ1v) is 5.32. The molecular weight excluding hydrogens is 228 g/mol. The molecule has 0 fully saturated rings. The number of carbonyl (C=O) groups excluding carboxylic acids is 1. The van der Waals surface area contributed by atoms with Crippen LogP contribution in [0.5, 0.6) is 5.75 Å². The van der Waals surface area contributed by atoms with Gasteiger partial charge in [0.05, 0.1) is 6.61 Å². The molecule has 0 aliphatic carbocycles. The minimum absolute atomic E-state index is 0.305. The monoisotopic (exact) mass is 240 g/mol. The first-order chi connectivity index (χ1) is 7.72. The van der Waals surface area contributed by atoms with E-state index in [4.69, 9.17) is 21.1 Å². The van der Waals surface area contributed by atoms with Crippen LogP contribution in [-0.2, 0) is 9.53 Å². The number of hydrogen-bond acceptors (Lipinski definition) is 3. The molecule has 0 N–H and O–H groups in total. The van der Waals surface area contributed by atoms with Crippen molar-refractivity contribution in [3.05, 3.63) is 41.4 Å². The van der Waals surface area contributed by atoms with Crippen molar-refractivity contribution in [2.24, 2.45) is 0 Å². The van der Waals surface area contributed by atoms with Crippen LogP contribution in [-0.4, -0.2) is 19.2 Å². The second-order valence-electron chi connectivity index (χ2n) is 2.92. The Kier molecular flexibility index (Phi) is 5.43. The van der Waals surface area contributed by atoms with Crippen LogP contribution in [0.1, 0.15) is 6.92 Å². The Labute approximate surface area is 99.6 Å². The van der Waals surface area contributed by atoms with E-state index >= 15 is 0 Å². The zero-order valence-electron chi connectivity index (χ0n) is 8.98. The molecule has 0 saturated carbocycles. The second-order valence-corrected chi connectivity index (χ2v) is 3.36. The Hall–Kier alpha value is -1.48. The van der Waals surface area contributed by atoms with Crippen molar-refractivity contribution in [3.8, 4) is 5.75 Å². The van der Waals surface area contributed by atoms with Crippen LogP contribution in [0.15, 0.2) is 36.4 Å². The van der Waals surface area contributed by atoms with E-state index in [1.165, 1.54) is 6.08 Å². The van der Waals surface area contributed by atoms with Gasteiger partial charge in [0.25, 0.3) is 0 Å². The molecule has 4 heteroatoms. The summed E-state index contributed by atoms with van der Waals surface area (Å²) in [6, 6.07) is 7.07. The molecule has 0 aliphatic heterocycles. The SMILES string of the molecule is CCOC(=O)/C=C/COc1cccc(Cl)c1. The lowest BCUT2D eigenvalue weighted by Crippen LogP contribution is -2.00. The molecule has 1 aromatic carbocycles. The average Bonchev–Trinajstić information content (AvgIpc) is 2.25. The summed E-state index contributed by atoms with van der Waals surface area (Å²) >= 11 is 5.78. The Bertz CT molecular complexity index is 374. The van der Waals surface area contributed by atoms with Crippen molar-refractivity contribution >= 4 is 17.6 Å². The lowest BCUT2D eigenvalue weighted by molar-refractivity contribution is -0.137.